The van der Waals surface area contributed by atoms with Crippen LogP contribution in [0.1, 0.15) is 37.2 Å². The number of benzene rings is 2. The Morgan fingerprint density at radius 2 is 1.37 bits per heavy atom. The third kappa shape index (κ3) is 2.65. The third-order valence-corrected chi connectivity index (χ3v) is 4.25. The summed E-state index contributed by atoms with van der Waals surface area (Å²) in [5, 5.41) is 0. The fraction of sp³-hybridized carbons (Fsp3) is 0.333. The number of nitrogens with zero attached hydrogens (tertiary/aromatic N) is 1. The second-order valence-corrected chi connectivity index (χ2v) is 5.47. The number of anilines is 2. The van der Waals surface area contributed by atoms with Crippen LogP contribution in [0.25, 0.3) is 0 Å². The van der Waals surface area contributed by atoms with Crippen LogP contribution in [0.15, 0.2) is 54.6 Å². The maximum Gasteiger partial charge on any atom is 0.0408 e. The molecule has 2 aromatic rings. The minimum atomic E-state index is 0.802. The van der Waals surface area contributed by atoms with Gasteiger partial charge in [0.15, 0.2) is 0 Å². The zero-order valence-corrected chi connectivity index (χ0v) is 11.5. The Bertz CT molecular complexity index is 509. The van der Waals surface area contributed by atoms with Gasteiger partial charge in [-0.25, -0.2) is 0 Å². The predicted molar refractivity (Wildman–Crippen MR) is 82.2 cm³/mol. The van der Waals surface area contributed by atoms with Gasteiger partial charge in [0.1, 0.15) is 0 Å². The van der Waals surface area contributed by atoms with Gasteiger partial charge in [-0.3, -0.25) is 0 Å². The van der Waals surface area contributed by atoms with Gasteiger partial charge >= 0.3 is 0 Å². The molecule has 1 aliphatic rings. The van der Waals surface area contributed by atoms with Crippen LogP contribution in [0, 0.1) is 0 Å². The van der Waals surface area contributed by atoms with Gasteiger partial charge < -0.3 is 4.90 Å². The molecule has 19 heavy (non-hydrogen) atoms. The smallest absolute Gasteiger partial charge is 0.0408 e. The van der Waals surface area contributed by atoms with Crippen LogP contribution in [-0.4, -0.2) is 7.05 Å². The van der Waals surface area contributed by atoms with Crippen molar-refractivity contribution in [3.05, 3.63) is 60.2 Å². The zero-order chi connectivity index (χ0) is 13.1. The number of rotatable bonds is 3. The quantitative estimate of drug-likeness (QED) is 0.732. The van der Waals surface area contributed by atoms with Crippen molar-refractivity contribution in [2.75, 3.05) is 11.9 Å². The normalized spacial score (nSPS) is 15.6. The molecule has 0 saturated heterocycles. The van der Waals surface area contributed by atoms with E-state index < -0.39 is 0 Å². The molecule has 1 aliphatic carbocycles. The second kappa shape index (κ2) is 5.48. The highest BCUT2D eigenvalue weighted by Crippen LogP contribution is 2.35. The summed E-state index contributed by atoms with van der Waals surface area (Å²) in [5.74, 6) is 0.802. The van der Waals surface area contributed by atoms with Crippen LogP contribution in [0.2, 0.25) is 0 Å². The van der Waals surface area contributed by atoms with E-state index in [1.807, 2.05) is 0 Å². The number of hydrogen-bond donors (Lipinski definition) is 0. The molecule has 0 N–H and O–H groups in total. The van der Waals surface area contributed by atoms with Crippen molar-refractivity contribution in [1.82, 2.24) is 0 Å². The molecular weight excluding hydrogens is 230 g/mol. The fourth-order valence-corrected chi connectivity index (χ4v) is 3.03. The van der Waals surface area contributed by atoms with Crippen molar-refractivity contribution in [2.45, 2.75) is 31.6 Å². The summed E-state index contributed by atoms with van der Waals surface area (Å²) in [6.07, 6.45) is 5.54. The van der Waals surface area contributed by atoms with Gasteiger partial charge in [-0.05, 0) is 48.6 Å². The lowest BCUT2D eigenvalue weighted by Crippen LogP contribution is -2.09. The number of para-hydroxylation sites is 1. The molecule has 0 bridgehead atoms. The largest absolute Gasteiger partial charge is 0.345 e. The predicted octanol–water partition coefficient (Wildman–Crippen LogP) is 5.11. The van der Waals surface area contributed by atoms with E-state index in [-0.39, 0.29) is 0 Å². The van der Waals surface area contributed by atoms with E-state index >= 15 is 0 Å². The molecule has 0 radical (unpaired) electrons. The third-order valence-electron chi connectivity index (χ3n) is 4.25. The van der Waals surface area contributed by atoms with Gasteiger partial charge in [0.2, 0.25) is 0 Å². The molecule has 0 spiro atoms. The van der Waals surface area contributed by atoms with Crippen LogP contribution < -0.4 is 4.90 Å². The first-order valence-electron chi connectivity index (χ1n) is 7.23. The van der Waals surface area contributed by atoms with E-state index in [0.29, 0.717) is 0 Å². The van der Waals surface area contributed by atoms with E-state index in [1.54, 1.807) is 0 Å². The summed E-state index contributed by atoms with van der Waals surface area (Å²) >= 11 is 0. The lowest BCUT2D eigenvalue weighted by Gasteiger charge is -2.20. The fourth-order valence-electron chi connectivity index (χ4n) is 3.03. The van der Waals surface area contributed by atoms with Crippen molar-refractivity contribution in [2.24, 2.45) is 0 Å². The van der Waals surface area contributed by atoms with Crippen LogP contribution >= 0.6 is 0 Å². The van der Waals surface area contributed by atoms with Crippen molar-refractivity contribution < 1.29 is 0 Å². The molecule has 1 heteroatoms. The molecule has 3 rings (SSSR count). The van der Waals surface area contributed by atoms with Crippen molar-refractivity contribution >= 4 is 11.4 Å². The monoisotopic (exact) mass is 251 g/mol. The Morgan fingerprint density at radius 1 is 0.789 bits per heavy atom. The maximum atomic E-state index is 2.31. The Kier molecular flexibility index (Phi) is 3.54. The standard InChI is InChI=1S/C18H21N/c1-19(17-9-3-2-4-10-17)18-13-11-16(12-14-18)15-7-5-6-8-15/h2-4,9-15H,5-8H2,1H3. The highest BCUT2D eigenvalue weighted by Gasteiger charge is 2.16. The van der Waals surface area contributed by atoms with Crippen molar-refractivity contribution in [3.63, 3.8) is 0 Å². The summed E-state index contributed by atoms with van der Waals surface area (Å²) in [6.45, 7) is 0. The van der Waals surface area contributed by atoms with Crippen LogP contribution in [0.3, 0.4) is 0 Å². The minimum Gasteiger partial charge on any atom is -0.345 e. The summed E-state index contributed by atoms with van der Waals surface area (Å²) in [7, 11) is 2.12. The number of hydrogen-bond acceptors (Lipinski definition) is 1. The molecule has 0 amide bonds. The Hall–Kier alpha value is -1.76. The average molecular weight is 251 g/mol. The molecule has 0 atom stereocenters. The molecule has 1 nitrogen and oxygen atoms in total. The van der Waals surface area contributed by atoms with Gasteiger partial charge in [-0.2, -0.15) is 0 Å². The van der Waals surface area contributed by atoms with Crippen LogP contribution in [-0.2, 0) is 0 Å². The SMILES string of the molecule is CN(c1ccccc1)c1ccc(C2CCCC2)cc1. The maximum absolute atomic E-state index is 2.31. The first-order valence-corrected chi connectivity index (χ1v) is 7.23. The highest BCUT2D eigenvalue weighted by molar-refractivity contribution is 5.62. The lowest BCUT2D eigenvalue weighted by atomic mass is 9.97. The molecule has 1 fully saturated rings. The van der Waals surface area contributed by atoms with Gasteiger partial charge in [0, 0.05) is 18.4 Å². The summed E-state index contributed by atoms with van der Waals surface area (Å²) < 4.78 is 0. The second-order valence-electron chi connectivity index (χ2n) is 5.47. The van der Waals surface area contributed by atoms with E-state index in [0.717, 1.165) is 5.92 Å². The summed E-state index contributed by atoms with van der Waals surface area (Å²) in [4.78, 5) is 2.23. The molecule has 0 unspecified atom stereocenters. The molecule has 0 aromatic heterocycles. The van der Waals surface area contributed by atoms with E-state index in [9.17, 15) is 0 Å². The first kappa shape index (κ1) is 12.3. The summed E-state index contributed by atoms with van der Waals surface area (Å²) in [5.41, 5.74) is 4.01. The summed E-state index contributed by atoms with van der Waals surface area (Å²) in [6, 6.07) is 19.6. The zero-order valence-electron chi connectivity index (χ0n) is 11.5. The minimum absolute atomic E-state index is 0.802. The van der Waals surface area contributed by atoms with Gasteiger partial charge in [-0.1, -0.05) is 43.2 Å². The van der Waals surface area contributed by atoms with Crippen LogP contribution in [0.4, 0.5) is 11.4 Å². The first-order chi connectivity index (χ1) is 9.34. The van der Waals surface area contributed by atoms with Gasteiger partial charge in [0.25, 0.3) is 0 Å². The molecular formula is C18H21N. The Balaban J connectivity index is 1.78. The lowest BCUT2D eigenvalue weighted by molar-refractivity contribution is 0.723. The highest BCUT2D eigenvalue weighted by atomic mass is 15.1. The Labute approximate surface area is 115 Å². The molecule has 98 valence electrons. The molecule has 0 aliphatic heterocycles. The molecule has 2 aromatic carbocycles. The average Bonchev–Trinajstić information content (AvgIpc) is 3.02. The molecule has 0 heterocycles. The topological polar surface area (TPSA) is 3.24 Å². The van der Waals surface area contributed by atoms with Gasteiger partial charge in [-0.15, -0.1) is 0 Å². The van der Waals surface area contributed by atoms with Crippen molar-refractivity contribution in [3.8, 4) is 0 Å². The van der Waals surface area contributed by atoms with Gasteiger partial charge in [0.05, 0.1) is 0 Å². The Morgan fingerprint density at radius 3 is 2.00 bits per heavy atom. The van der Waals surface area contributed by atoms with Crippen molar-refractivity contribution in [1.29, 1.82) is 0 Å². The van der Waals surface area contributed by atoms with E-state index in [1.165, 1.54) is 42.6 Å². The van der Waals surface area contributed by atoms with E-state index in [2.05, 4.69) is 66.5 Å². The van der Waals surface area contributed by atoms with Crippen LogP contribution in [0.5, 0.6) is 0 Å². The molecule has 1 saturated carbocycles. The van der Waals surface area contributed by atoms with E-state index in [4.69, 9.17) is 0 Å².